The summed E-state index contributed by atoms with van der Waals surface area (Å²) in [5.41, 5.74) is 13.1. The van der Waals surface area contributed by atoms with Crippen LogP contribution in [-0.2, 0) is 35.7 Å². The number of carbonyl (C=O) groups is 6. The van der Waals surface area contributed by atoms with Crippen molar-refractivity contribution in [3.63, 3.8) is 0 Å². The van der Waals surface area contributed by atoms with E-state index in [1.54, 1.807) is 41.5 Å². The summed E-state index contributed by atoms with van der Waals surface area (Å²) in [7, 11) is 0. The fourth-order valence-electron chi connectivity index (χ4n) is 10.4. The van der Waals surface area contributed by atoms with Gasteiger partial charge in [0.2, 0.25) is 23.6 Å². The zero-order valence-electron chi connectivity index (χ0n) is 39.2. The van der Waals surface area contributed by atoms with Gasteiger partial charge >= 0.3 is 12.2 Å². The maximum Gasteiger partial charge on any atom is 0.405 e. The molecule has 3 fully saturated rings. The highest BCUT2D eigenvalue weighted by molar-refractivity contribution is 5.96. The van der Waals surface area contributed by atoms with Gasteiger partial charge in [0.15, 0.2) is 0 Å². The molecule has 3 aromatic rings. The molecule has 3 heterocycles. The lowest BCUT2D eigenvalue weighted by molar-refractivity contribution is -0.147. The molecule has 0 unspecified atom stereocenters. The molecular weight excluding hydrogens is 827 g/mol. The Kier molecular flexibility index (Phi) is 13.2. The Labute approximate surface area is 382 Å². The van der Waals surface area contributed by atoms with Crippen LogP contribution in [0.4, 0.5) is 15.3 Å². The molecule has 0 aromatic heterocycles. The molecule has 6 atom stereocenters. The molecule has 15 nitrogen and oxygen atoms in total. The van der Waals surface area contributed by atoms with Gasteiger partial charge in [-0.3, -0.25) is 19.2 Å². The molecule has 3 saturated heterocycles. The van der Waals surface area contributed by atoms with Crippen LogP contribution in [0.1, 0.15) is 141 Å². The highest BCUT2D eigenvalue weighted by atomic mass is 16.4. The number of nitrogens with one attached hydrogen (secondary N) is 2. The Hall–Kier alpha value is -6.12. The number of rotatable bonds is 11. The predicted octanol–water partition coefficient (Wildman–Crippen LogP) is 7.04. The summed E-state index contributed by atoms with van der Waals surface area (Å²) in [5.74, 6) is -2.38. The summed E-state index contributed by atoms with van der Waals surface area (Å²) < 4.78 is 0. The van der Waals surface area contributed by atoms with Crippen LogP contribution in [-0.4, -0.2) is 81.0 Å². The smallest absolute Gasteiger partial charge is 0.405 e. The van der Waals surface area contributed by atoms with Gasteiger partial charge in [-0.05, 0) is 94.7 Å². The first-order valence-corrected chi connectivity index (χ1v) is 22.6. The Morgan fingerprint density at radius 3 is 1.23 bits per heavy atom. The second-order valence-corrected chi connectivity index (χ2v) is 21.2. The number of likely N-dealkylation sites (tertiary alicyclic amines) is 2. The number of nitrogens with two attached hydrogens (primary N) is 2. The third kappa shape index (κ3) is 9.11. The summed E-state index contributed by atoms with van der Waals surface area (Å²) in [5, 5.41) is 24.0. The lowest BCUT2D eigenvalue weighted by Crippen LogP contribution is -2.61. The van der Waals surface area contributed by atoms with Gasteiger partial charge in [-0.2, -0.15) is 0 Å². The number of benzene rings is 3. The average Bonchev–Trinajstić information content (AvgIpc) is 3.99. The molecule has 3 aliphatic rings. The van der Waals surface area contributed by atoms with E-state index in [9.17, 15) is 39.0 Å². The normalized spacial score (nSPS) is 23.5. The SMILES string of the molecule is CC(C)(C)c1ccc(N2[C@H](c3ccc([C@]4(C(N)=O)CCCN4C(=O)[C@@H](NC(=O)O)C(C)(C)C)cc3)CC[C@H]2c2ccc([C@]3(C(N)=O)CCCN3C(=O)[C@@H](NC(=O)O)C(C)(C)C)cc2)cc1. The van der Waals surface area contributed by atoms with E-state index in [0.29, 0.717) is 36.8 Å². The van der Waals surface area contributed by atoms with E-state index >= 15 is 0 Å². The molecular formula is C50H67N7O8. The minimum Gasteiger partial charge on any atom is -0.465 e. The molecule has 65 heavy (non-hydrogen) atoms. The van der Waals surface area contributed by atoms with Crippen LogP contribution >= 0.6 is 0 Å². The van der Waals surface area contributed by atoms with Crippen molar-refractivity contribution in [3.8, 4) is 0 Å². The Morgan fingerprint density at radius 2 is 0.938 bits per heavy atom. The molecule has 0 bridgehead atoms. The number of anilines is 1. The fourth-order valence-corrected chi connectivity index (χ4v) is 10.4. The van der Waals surface area contributed by atoms with Crippen molar-refractivity contribution < 1.29 is 39.0 Å². The van der Waals surface area contributed by atoms with Crippen LogP contribution in [0.2, 0.25) is 0 Å². The highest BCUT2D eigenvalue weighted by Gasteiger charge is 2.54. The lowest BCUT2D eigenvalue weighted by Gasteiger charge is -2.41. The minimum absolute atomic E-state index is 0.0705. The fraction of sp³-hybridized carbons (Fsp3) is 0.520. The molecule has 350 valence electrons. The maximum atomic E-state index is 14.2. The maximum absolute atomic E-state index is 14.2. The molecule has 15 heteroatoms. The van der Waals surface area contributed by atoms with E-state index in [0.717, 1.165) is 29.7 Å². The van der Waals surface area contributed by atoms with Gasteiger partial charge in [0.25, 0.3) is 0 Å². The molecule has 8 N–H and O–H groups in total. The first kappa shape index (κ1) is 48.3. The summed E-state index contributed by atoms with van der Waals surface area (Å²) in [6.45, 7) is 17.6. The number of hydrogen-bond donors (Lipinski definition) is 6. The average molecular weight is 894 g/mol. The zero-order valence-corrected chi connectivity index (χ0v) is 39.2. The number of primary amides is 2. The molecule has 6 amide bonds. The van der Waals surface area contributed by atoms with Crippen molar-refractivity contribution in [2.75, 3.05) is 18.0 Å². The molecule has 0 saturated carbocycles. The summed E-state index contributed by atoms with van der Waals surface area (Å²) in [6, 6.07) is 21.5. The number of hydrogen-bond acceptors (Lipinski definition) is 7. The third-order valence-corrected chi connectivity index (χ3v) is 13.8. The molecule has 0 aliphatic carbocycles. The van der Waals surface area contributed by atoms with Crippen molar-refractivity contribution in [2.45, 2.75) is 141 Å². The number of carboxylic acid groups (broad SMARTS) is 2. The van der Waals surface area contributed by atoms with Crippen molar-refractivity contribution >= 4 is 41.5 Å². The van der Waals surface area contributed by atoms with Crippen LogP contribution in [0.5, 0.6) is 0 Å². The van der Waals surface area contributed by atoms with Crippen molar-refractivity contribution in [1.29, 1.82) is 0 Å². The van der Waals surface area contributed by atoms with Crippen LogP contribution in [0.15, 0.2) is 72.8 Å². The highest BCUT2D eigenvalue weighted by Crippen LogP contribution is 2.49. The number of amides is 6. The standard InChI is InChI=1S/C50H67N7O8/c1-46(2,3)32-20-22-35(23-21-32)57-36(30-12-16-33(17-13-30)49(42(51)60)26-10-28-55(49)40(58)38(47(4,5)6)53-44(62)63)24-25-37(57)31-14-18-34(19-15-31)50(43(52)61)27-11-29-56(50)41(59)39(48(7,8)9)54-45(64)65/h12-23,36-39,53-54H,10-11,24-29H2,1-9H3,(H2,51,60)(H2,52,61)(H,62,63)(H,64,65)/t36-,37-,38+,39+,49-,50-/m0/s1. The van der Waals surface area contributed by atoms with Crippen LogP contribution in [0, 0.1) is 10.8 Å². The van der Waals surface area contributed by atoms with Crippen LogP contribution < -0.4 is 27.0 Å². The number of nitrogens with zero attached hydrogens (tertiary/aromatic N) is 3. The predicted molar refractivity (Wildman–Crippen MR) is 248 cm³/mol. The summed E-state index contributed by atoms with van der Waals surface area (Å²) in [4.78, 5) is 84.3. The molecule has 3 aromatic carbocycles. The molecule has 0 radical (unpaired) electrons. The second kappa shape index (κ2) is 17.7. The first-order valence-electron chi connectivity index (χ1n) is 22.6. The van der Waals surface area contributed by atoms with Gasteiger partial charge in [-0.1, -0.05) is 123 Å². The minimum atomic E-state index is -1.47. The number of carbonyl (C=O) groups excluding carboxylic acids is 4. The van der Waals surface area contributed by atoms with E-state index in [1.807, 2.05) is 48.5 Å². The topological polar surface area (TPSA) is 229 Å². The van der Waals surface area contributed by atoms with E-state index in [2.05, 4.69) is 60.6 Å². The van der Waals surface area contributed by atoms with Gasteiger partial charge < -0.3 is 47.0 Å². The summed E-state index contributed by atoms with van der Waals surface area (Å²) in [6.07, 6.45) is 0.480. The molecule has 6 rings (SSSR count). The van der Waals surface area contributed by atoms with E-state index < -0.39 is 69.8 Å². The van der Waals surface area contributed by atoms with E-state index in [-0.39, 0.29) is 30.6 Å². The Bertz CT molecular complexity index is 2160. The zero-order chi connectivity index (χ0) is 48.0. The van der Waals surface area contributed by atoms with Gasteiger partial charge in [0.1, 0.15) is 23.2 Å². The van der Waals surface area contributed by atoms with E-state index in [1.165, 1.54) is 15.4 Å². The summed E-state index contributed by atoms with van der Waals surface area (Å²) >= 11 is 0. The van der Waals surface area contributed by atoms with Gasteiger partial charge in [-0.15, -0.1) is 0 Å². The van der Waals surface area contributed by atoms with Gasteiger partial charge in [0, 0.05) is 18.8 Å². The molecule has 3 aliphatic heterocycles. The first-order chi connectivity index (χ1) is 30.2. The van der Waals surface area contributed by atoms with Gasteiger partial charge in [0.05, 0.1) is 12.1 Å². The van der Waals surface area contributed by atoms with Crippen LogP contribution in [0.25, 0.3) is 0 Å². The Morgan fingerprint density at radius 1 is 0.585 bits per heavy atom. The second-order valence-electron chi connectivity index (χ2n) is 21.2. The third-order valence-electron chi connectivity index (χ3n) is 13.8. The monoisotopic (exact) mass is 894 g/mol. The lowest BCUT2D eigenvalue weighted by atomic mass is 9.82. The quantitative estimate of drug-likeness (QED) is 0.116. The Balaban J connectivity index is 1.36. The van der Waals surface area contributed by atoms with Crippen molar-refractivity contribution in [1.82, 2.24) is 20.4 Å². The van der Waals surface area contributed by atoms with Gasteiger partial charge in [-0.25, -0.2) is 9.59 Å². The van der Waals surface area contributed by atoms with Crippen LogP contribution in [0.3, 0.4) is 0 Å². The van der Waals surface area contributed by atoms with E-state index in [4.69, 9.17) is 11.5 Å². The van der Waals surface area contributed by atoms with Crippen molar-refractivity contribution in [3.05, 3.63) is 101 Å². The van der Waals surface area contributed by atoms with Crippen molar-refractivity contribution in [2.24, 2.45) is 22.3 Å². The molecule has 0 spiro atoms. The largest absolute Gasteiger partial charge is 0.465 e.